The van der Waals surface area contributed by atoms with Crippen molar-refractivity contribution in [1.82, 2.24) is 4.90 Å². The molecule has 0 aliphatic carbocycles. The number of hydrogen-bond donors (Lipinski definition) is 2. The fourth-order valence-electron chi connectivity index (χ4n) is 3.75. The van der Waals surface area contributed by atoms with E-state index in [4.69, 9.17) is 4.74 Å². The lowest BCUT2D eigenvalue weighted by molar-refractivity contribution is -0.221. The van der Waals surface area contributed by atoms with Crippen LogP contribution in [0.3, 0.4) is 0 Å². The largest absolute Gasteiger partial charge is 0.491 e. The molecule has 6 nitrogen and oxygen atoms in total. The Morgan fingerprint density at radius 2 is 2.00 bits per heavy atom. The second-order valence-corrected chi connectivity index (χ2v) is 7.28. The third-order valence-corrected chi connectivity index (χ3v) is 5.39. The number of nitrogens with zero attached hydrogens (tertiary/aromatic N) is 1. The lowest BCUT2D eigenvalue weighted by Crippen LogP contribution is -2.59. The maximum atomic E-state index is 14.3. The maximum Gasteiger partial charge on any atom is 0.256 e. The van der Waals surface area contributed by atoms with E-state index in [0.717, 1.165) is 19.2 Å². The number of carbonyl (C=O) groups excluding carboxylic acids is 1. The summed E-state index contributed by atoms with van der Waals surface area (Å²) in [4.78, 5) is 14.1. The Kier molecular flexibility index (Phi) is 4.94. The van der Waals surface area contributed by atoms with Crippen molar-refractivity contribution < 1.29 is 33.3 Å². The van der Waals surface area contributed by atoms with Crippen LogP contribution in [-0.4, -0.2) is 65.1 Å². The molecule has 0 unspecified atom stereocenters. The lowest BCUT2D eigenvalue weighted by Gasteiger charge is -2.49. The standard InChI is InChI=1S/C18H23F2NO5/c1-17(24)10-18(26-9-13(17)22)5-7-21(8-6-18)16(23)11-3-4-12(19)15(25-2)14(11)20/h3-4,13,22,24H,5-10H2,1-2H3/t13-,17-/m0/s1. The Bertz CT molecular complexity index is 701. The second-order valence-electron chi connectivity index (χ2n) is 7.28. The number of rotatable bonds is 2. The normalized spacial score (nSPS) is 28.2. The number of aliphatic hydroxyl groups excluding tert-OH is 1. The first kappa shape index (κ1) is 19.0. The van der Waals surface area contributed by atoms with Crippen LogP contribution in [0.5, 0.6) is 5.75 Å². The minimum absolute atomic E-state index is 0.0325. The van der Waals surface area contributed by atoms with Gasteiger partial charge in [0.1, 0.15) is 6.10 Å². The summed E-state index contributed by atoms with van der Waals surface area (Å²) in [5.41, 5.74) is -2.11. The van der Waals surface area contributed by atoms with Crippen LogP contribution in [-0.2, 0) is 4.74 Å². The third kappa shape index (κ3) is 3.28. The predicted molar refractivity (Wildman–Crippen MR) is 88.0 cm³/mol. The summed E-state index contributed by atoms with van der Waals surface area (Å²) in [5, 5.41) is 20.1. The molecule has 1 spiro atoms. The second kappa shape index (κ2) is 6.75. The van der Waals surface area contributed by atoms with Crippen molar-refractivity contribution in [3.8, 4) is 5.75 Å². The first-order chi connectivity index (χ1) is 12.2. The van der Waals surface area contributed by atoms with E-state index < -0.39 is 40.6 Å². The topological polar surface area (TPSA) is 79.2 Å². The zero-order chi connectivity index (χ0) is 19.1. The van der Waals surface area contributed by atoms with E-state index in [9.17, 15) is 23.8 Å². The molecule has 1 aromatic carbocycles. The molecule has 2 aliphatic heterocycles. The summed E-state index contributed by atoms with van der Waals surface area (Å²) in [6, 6.07) is 2.11. The molecule has 2 aliphatic rings. The Morgan fingerprint density at radius 1 is 1.35 bits per heavy atom. The molecule has 0 radical (unpaired) electrons. The van der Waals surface area contributed by atoms with Gasteiger partial charge < -0.3 is 24.6 Å². The van der Waals surface area contributed by atoms with Crippen LogP contribution in [0.25, 0.3) is 0 Å². The van der Waals surface area contributed by atoms with Crippen molar-refractivity contribution in [3.63, 3.8) is 0 Å². The Labute approximate surface area is 150 Å². The first-order valence-electron chi connectivity index (χ1n) is 8.55. The van der Waals surface area contributed by atoms with E-state index in [2.05, 4.69) is 4.74 Å². The highest BCUT2D eigenvalue weighted by atomic mass is 19.1. The van der Waals surface area contributed by atoms with Gasteiger partial charge in [-0.3, -0.25) is 4.79 Å². The zero-order valence-corrected chi connectivity index (χ0v) is 14.8. The van der Waals surface area contributed by atoms with Gasteiger partial charge in [0.05, 0.1) is 30.5 Å². The minimum atomic E-state index is -1.25. The summed E-state index contributed by atoms with van der Waals surface area (Å²) < 4.78 is 38.3. The van der Waals surface area contributed by atoms with Gasteiger partial charge in [-0.15, -0.1) is 0 Å². The first-order valence-corrected chi connectivity index (χ1v) is 8.55. The van der Waals surface area contributed by atoms with Gasteiger partial charge in [0.25, 0.3) is 5.91 Å². The minimum Gasteiger partial charge on any atom is -0.491 e. The number of benzene rings is 1. The summed E-state index contributed by atoms with van der Waals surface area (Å²) in [7, 11) is 1.14. The third-order valence-electron chi connectivity index (χ3n) is 5.39. The van der Waals surface area contributed by atoms with Gasteiger partial charge in [0.15, 0.2) is 17.4 Å². The van der Waals surface area contributed by atoms with Crippen LogP contribution < -0.4 is 4.74 Å². The van der Waals surface area contributed by atoms with Gasteiger partial charge in [-0.05, 0) is 31.9 Å². The van der Waals surface area contributed by atoms with Crippen LogP contribution in [0, 0.1) is 11.6 Å². The number of amides is 1. The summed E-state index contributed by atoms with van der Waals surface area (Å²) in [6.45, 7) is 2.22. The number of ether oxygens (including phenoxy) is 2. The van der Waals surface area contributed by atoms with Gasteiger partial charge in [0.2, 0.25) is 0 Å². The number of likely N-dealkylation sites (tertiary alicyclic amines) is 1. The highest BCUT2D eigenvalue weighted by Crippen LogP contribution is 2.40. The molecule has 0 saturated carbocycles. The molecule has 3 rings (SSSR count). The number of piperidine rings is 1. The summed E-state index contributed by atoms with van der Waals surface area (Å²) in [6.07, 6.45) is 0.235. The Balaban J connectivity index is 1.72. The number of hydrogen-bond acceptors (Lipinski definition) is 5. The number of carbonyl (C=O) groups is 1. The average Bonchev–Trinajstić information content (AvgIpc) is 2.59. The molecule has 2 saturated heterocycles. The molecule has 0 aromatic heterocycles. The van der Waals surface area contributed by atoms with Crippen LogP contribution in [0.2, 0.25) is 0 Å². The Morgan fingerprint density at radius 3 is 2.58 bits per heavy atom. The highest BCUT2D eigenvalue weighted by molar-refractivity contribution is 5.95. The fraction of sp³-hybridized carbons (Fsp3) is 0.611. The van der Waals surface area contributed by atoms with Crippen molar-refractivity contribution in [2.45, 2.75) is 43.5 Å². The van der Waals surface area contributed by atoms with Crippen molar-refractivity contribution in [1.29, 1.82) is 0 Å². The lowest BCUT2D eigenvalue weighted by atomic mass is 9.76. The monoisotopic (exact) mass is 371 g/mol. The van der Waals surface area contributed by atoms with Crippen molar-refractivity contribution in [3.05, 3.63) is 29.3 Å². The predicted octanol–water partition coefficient (Wildman–Crippen LogP) is 1.48. The quantitative estimate of drug-likeness (QED) is 0.823. The van der Waals surface area contributed by atoms with E-state index in [1.54, 1.807) is 6.92 Å². The zero-order valence-electron chi connectivity index (χ0n) is 14.8. The molecule has 1 aromatic rings. The molecule has 0 bridgehead atoms. The van der Waals surface area contributed by atoms with Crippen LogP contribution in [0.4, 0.5) is 8.78 Å². The van der Waals surface area contributed by atoms with E-state index >= 15 is 0 Å². The molecule has 26 heavy (non-hydrogen) atoms. The van der Waals surface area contributed by atoms with Crippen LogP contribution >= 0.6 is 0 Å². The molecule has 2 fully saturated rings. The van der Waals surface area contributed by atoms with Gasteiger partial charge in [0, 0.05) is 19.5 Å². The highest BCUT2D eigenvalue weighted by Gasteiger charge is 2.49. The molecule has 1 amide bonds. The van der Waals surface area contributed by atoms with E-state index in [0.29, 0.717) is 25.9 Å². The molecule has 8 heteroatoms. The van der Waals surface area contributed by atoms with E-state index in [-0.39, 0.29) is 18.6 Å². The van der Waals surface area contributed by atoms with Gasteiger partial charge >= 0.3 is 0 Å². The van der Waals surface area contributed by atoms with Gasteiger partial charge in [-0.2, -0.15) is 0 Å². The van der Waals surface area contributed by atoms with Gasteiger partial charge in [-0.25, -0.2) is 8.78 Å². The SMILES string of the molecule is COc1c(F)ccc(C(=O)N2CCC3(CC2)C[C@](C)(O)[C@@H](O)CO3)c1F. The van der Waals surface area contributed by atoms with Crippen molar-refractivity contribution >= 4 is 5.91 Å². The van der Waals surface area contributed by atoms with Crippen LogP contribution in [0.1, 0.15) is 36.5 Å². The number of halogens is 2. The summed E-state index contributed by atoms with van der Waals surface area (Å²) >= 11 is 0. The summed E-state index contributed by atoms with van der Waals surface area (Å²) in [5.74, 6) is -3.00. The van der Waals surface area contributed by atoms with Crippen LogP contribution in [0.15, 0.2) is 12.1 Å². The molecular formula is C18H23F2NO5. The van der Waals surface area contributed by atoms with E-state index in [1.807, 2.05) is 0 Å². The van der Waals surface area contributed by atoms with E-state index in [1.165, 1.54) is 4.90 Å². The Hall–Kier alpha value is -1.77. The fourth-order valence-corrected chi connectivity index (χ4v) is 3.75. The maximum absolute atomic E-state index is 14.3. The van der Waals surface area contributed by atoms with Crippen molar-refractivity contribution in [2.75, 3.05) is 26.8 Å². The van der Waals surface area contributed by atoms with Crippen molar-refractivity contribution in [2.24, 2.45) is 0 Å². The molecule has 2 N–H and O–H groups in total. The number of aliphatic hydroxyl groups is 2. The average molecular weight is 371 g/mol. The van der Waals surface area contributed by atoms with Gasteiger partial charge in [-0.1, -0.05) is 0 Å². The molecule has 2 atom stereocenters. The number of methoxy groups -OCH3 is 1. The molecular weight excluding hydrogens is 348 g/mol. The smallest absolute Gasteiger partial charge is 0.256 e. The molecule has 2 heterocycles. The molecule has 144 valence electrons.